The first-order chi connectivity index (χ1) is 7.10. The lowest BCUT2D eigenvalue weighted by Gasteiger charge is -2.11. The van der Waals surface area contributed by atoms with E-state index in [9.17, 15) is 9.18 Å². The summed E-state index contributed by atoms with van der Waals surface area (Å²) >= 11 is 0. The fourth-order valence-electron chi connectivity index (χ4n) is 1.73. The SMILES string of the molecule is COc1ccc(C2(C(=O)O)CC2)c(F)c1. The molecule has 1 aromatic rings. The van der Waals surface area contributed by atoms with E-state index in [1.807, 2.05) is 0 Å². The zero-order valence-corrected chi connectivity index (χ0v) is 8.29. The van der Waals surface area contributed by atoms with Crippen molar-refractivity contribution in [2.75, 3.05) is 7.11 Å². The van der Waals surface area contributed by atoms with Crippen molar-refractivity contribution < 1.29 is 19.0 Å². The minimum Gasteiger partial charge on any atom is -0.497 e. The summed E-state index contributed by atoms with van der Waals surface area (Å²) in [5.74, 6) is -1.06. The molecule has 0 aliphatic heterocycles. The Hall–Kier alpha value is -1.58. The van der Waals surface area contributed by atoms with Gasteiger partial charge in [0.25, 0.3) is 0 Å². The van der Waals surface area contributed by atoms with Crippen molar-refractivity contribution in [1.29, 1.82) is 0 Å². The highest BCUT2D eigenvalue weighted by atomic mass is 19.1. The molecule has 0 unspecified atom stereocenters. The van der Waals surface area contributed by atoms with Crippen molar-refractivity contribution in [3.8, 4) is 5.75 Å². The second-order valence-electron chi connectivity index (χ2n) is 3.73. The minimum atomic E-state index is -0.990. The number of carboxylic acids is 1. The van der Waals surface area contributed by atoms with E-state index in [1.165, 1.54) is 19.2 Å². The van der Waals surface area contributed by atoms with Crippen molar-refractivity contribution in [2.24, 2.45) is 0 Å². The van der Waals surface area contributed by atoms with Crippen molar-refractivity contribution in [3.05, 3.63) is 29.6 Å². The Kier molecular flexibility index (Phi) is 2.14. The van der Waals surface area contributed by atoms with E-state index in [0.29, 0.717) is 18.6 Å². The average molecular weight is 210 g/mol. The molecule has 2 rings (SSSR count). The molecule has 4 heteroatoms. The normalized spacial score (nSPS) is 17.2. The van der Waals surface area contributed by atoms with Crippen molar-refractivity contribution >= 4 is 5.97 Å². The predicted molar refractivity (Wildman–Crippen MR) is 51.5 cm³/mol. The van der Waals surface area contributed by atoms with E-state index in [-0.39, 0.29) is 5.56 Å². The van der Waals surface area contributed by atoms with E-state index in [1.54, 1.807) is 6.07 Å². The predicted octanol–water partition coefficient (Wildman–Crippen LogP) is 1.95. The number of halogens is 1. The van der Waals surface area contributed by atoms with Crippen LogP contribution in [0, 0.1) is 5.82 Å². The fourth-order valence-corrected chi connectivity index (χ4v) is 1.73. The van der Waals surface area contributed by atoms with Crippen LogP contribution in [0.2, 0.25) is 0 Å². The summed E-state index contributed by atoms with van der Waals surface area (Å²) in [5.41, 5.74) is -0.730. The quantitative estimate of drug-likeness (QED) is 0.829. The second kappa shape index (κ2) is 3.22. The van der Waals surface area contributed by atoms with Gasteiger partial charge in [0.1, 0.15) is 11.6 Å². The van der Waals surface area contributed by atoms with Gasteiger partial charge < -0.3 is 9.84 Å². The summed E-state index contributed by atoms with van der Waals surface area (Å²) < 4.78 is 18.4. The third-order valence-electron chi connectivity index (χ3n) is 2.85. The Morgan fingerprint density at radius 3 is 2.60 bits per heavy atom. The first-order valence-corrected chi connectivity index (χ1v) is 4.67. The van der Waals surface area contributed by atoms with Gasteiger partial charge in [0, 0.05) is 11.6 Å². The molecule has 1 saturated carbocycles. The van der Waals surface area contributed by atoms with Crippen LogP contribution in [0.4, 0.5) is 4.39 Å². The molecule has 0 aromatic heterocycles. The molecule has 1 aliphatic rings. The first kappa shape index (κ1) is 9.96. The van der Waals surface area contributed by atoms with Gasteiger partial charge in [-0.1, -0.05) is 6.07 Å². The number of rotatable bonds is 3. The van der Waals surface area contributed by atoms with Crippen LogP contribution in [0.3, 0.4) is 0 Å². The monoisotopic (exact) mass is 210 g/mol. The Morgan fingerprint density at radius 1 is 1.53 bits per heavy atom. The number of carboxylic acid groups (broad SMARTS) is 1. The van der Waals surface area contributed by atoms with Gasteiger partial charge in [0.05, 0.1) is 12.5 Å². The molecule has 0 saturated heterocycles. The number of benzene rings is 1. The number of aliphatic carboxylic acids is 1. The van der Waals surface area contributed by atoms with Crippen LogP contribution in [0.25, 0.3) is 0 Å². The highest BCUT2D eigenvalue weighted by Crippen LogP contribution is 2.49. The molecule has 1 aliphatic carbocycles. The standard InChI is InChI=1S/C11H11FO3/c1-15-7-2-3-8(9(12)6-7)11(4-5-11)10(13)14/h2-3,6H,4-5H2,1H3,(H,13,14). The maximum atomic E-state index is 13.6. The summed E-state index contributed by atoms with van der Waals surface area (Å²) in [4.78, 5) is 11.0. The third-order valence-corrected chi connectivity index (χ3v) is 2.85. The summed E-state index contributed by atoms with van der Waals surface area (Å²) in [5, 5.41) is 9.01. The lowest BCUT2D eigenvalue weighted by molar-refractivity contribution is -0.140. The maximum Gasteiger partial charge on any atom is 0.314 e. The zero-order chi connectivity index (χ0) is 11.1. The Bertz CT molecular complexity index is 410. The molecular formula is C11H11FO3. The van der Waals surface area contributed by atoms with E-state index in [2.05, 4.69) is 0 Å². The van der Waals surface area contributed by atoms with Gasteiger partial charge >= 0.3 is 5.97 Å². The second-order valence-corrected chi connectivity index (χ2v) is 3.73. The van der Waals surface area contributed by atoms with Gasteiger partial charge in [0.15, 0.2) is 0 Å². The van der Waals surface area contributed by atoms with Crippen molar-refractivity contribution in [2.45, 2.75) is 18.3 Å². The largest absolute Gasteiger partial charge is 0.497 e. The van der Waals surface area contributed by atoms with Gasteiger partial charge in [-0.15, -0.1) is 0 Å². The van der Waals surface area contributed by atoms with Crippen LogP contribution in [0.1, 0.15) is 18.4 Å². The van der Waals surface area contributed by atoms with Crippen LogP contribution in [-0.2, 0) is 10.2 Å². The molecule has 0 bridgehead atoms. The highest BCUT2D eigenvalue weighted by Gasteiger charge is 2.53. The van der Waals surface area contributed by atoms with E-state index < -0.39 is 17.2 Å². The molecule has 1 aromatic carbocycles. The smallest absolute Gasteiger partial charge is 0.314 e. The van der Waals surface area contributed by atoms with Crippen LogP contribution in [-0.4, -0.2) is 18.2 Å². The number of methoxy groups -OCH3 is 1. The molecule has 15 heavy (non-hydrogen) atoms. The minimum absolute atomic E-state index is 0.260. The number of hydrogen-bond donors (Lipinski definition) is 1. The highest BCUT2D eigenvalue weighted by molar-refractivity contribution is 5.85. The zero-order valence-electron chi connectivity index (χ0n) is 8.29. The third kappa shape index (κ3) is 1.46. The lowest BCUT2D eigenvalue weighted by Crippen LogP contribution is -2.20. The average Bonchev–Trinajstić information content (AvgIpc) is 2.98. The first-order valence-electron chi connectivity index (χ1n) is 4.67. The van der Waals surface area contributed by atoms with E-state index in [4.69, 9.17) is 9.84 Å². The Balaban J connectivity index is 2.42. The van der Waals surface area contributed by atoms with Crippen LogP contribution in [0.5, 0.6) is 5.75 Å². The maximum absolute atomic E-state index is 13.6. The number of hydrogen-bond acceptors (Lipinski definition) is 2. The summed E-state index contributed by atoms with van der Waals surface area (Å²) in [6.45, 7) is 0. The van der Waals surface area contributed by atoms with Gasteiger partial charge in [-0.25, -0.2) is 4.39 Å². The Morgan fingerprint density at radius 2 is 2.20 bits per heavy atom. The topological polar surface area (TPSA) is 46.5 Å². The van der Waals surface area contributed by atoms with E-state index >= 15 is 0 Å². The molecular weight excluding hydrogens is 199 g/mol. The van der Waals surface area contributed by atoms with Crippen LogP contribution < -0.4 is 4.74 Å². The van der Waals surface area contributed by atoms with Gasteiger partial charge in [0.2, 0.25) is 0 Å². The van der Waals surface area contributed by atoms with Crippen LogP contribution >= 0.6 is 0 Å². The molecule has 0 radical (unpaired) electrons. The molecule has 0 spiro atoms. The number of carbonyl (C=O) groups is 1. The summed E-state index contributed by atoms with van der Waals surface area (Å²) in [7, 11) is 1.44. The van der Waals surface area contributed by atoms with Crippen molar-refractivity contribution in [3.63, 3.8) is 0 Å². The van der Waals surface area contributed by atoms with E-state index in [0.717, 1.165) is 0 Å². The lowest BCUT2D eigenvalue weighted by atomic mass is 9.95. The molecule has 0 amide bonds. The summed E-state index contributed by atoms with van der Waals surface area (Å²) in [6.07, 6.45) is 1.01. The molecule has 0 heterocycles. The van der Waals surface area contributed by atoms with Gasteiger partial charge in [-0.05, 0) is 18.9 Å². The molecule has 0 atom stereocenters. The van der Waals surface area contributed by atoms with Gasteiger partial charge in [-0.2, -0.15) is 0 Å². The molecule has 80 valence electrons. The number of ether oxygens (including phenoxy) is 1. The Labute approximate surface area is 86.5 Å². The van der Waals surface area contributed by atoms with Gasteiger partial charge in [-0.3, -0.25) is 4.79 Å². The van der Waals surface area contributed by atoms with Crippen molar-refractivity contribution in [1.82, 2.24) is 0 Å². The fraction of sp³-hybridized carbons (Fsp3) is 0.364. The van der Waals surface area contributed by atoms with Crippen LogP contribution in [0.15, 0.2) is 18.2 Å². The molecule has 3 nitrogen and oxygen atoms in total. The summed E-state index contributed by atoms with van der Waals surface area (Å²) in [6, 6.07) is 4.30. The molecule has 1 fully saturated rings. The molecule has 1 N–H and O–H groups in total.